The summed E-state index contributed by atoms with van der Waals surface area (Å²) in [5.74, 6) is -0.989. The average molecular weight is 836 g/mol. The quantitative estimate of drug-likeness (QED) is 0.0588. The number of nitrogens with one attached hydrogen (secondary N) is 1. The van der Waals surface area contributed by atoms with Gasteiger partial charge in [0.2, 0.25) is 0 Å². The van der Waals surface area contributed by atoms with E-state index in [4.69, 9.17) is 24.7 Å². The molecule has 4 aliphatic carbocycles. The summed E-state index contributed by atoms with van der Waals surface area (Å²) in [4.78, 5) is 13.3. The number of quaternary nitrogens is 2. The number of carboxylic acid groups (broad SMARTS) is 1. The van der Waals surface area contributed by atoms with Gasteiger partial charge >= 0.3 is 0 Å². The molecule has 7 aliphatic rings. The third kappa shape index (κ3) is 9.94. The molecule has 0 aromatic rings. The molecule has 18 atom stereocenters. The number of carbonyl (C=O) groups is 1. The molecule has 3 saturated carbocycles. The zero-order valence-electron chi connectivity index (χ0n) is 36.1. The largest absolute Gasteiger partial charge is 0.549 e. The lowest BCUT2D eigenvalue weighted by molar-refractivity contribution is -0.754. The van der Waals surface area contributed by atoms with Gasteiger partial charge in [-0.05, 0) is 114 Å². The van der Waals surface area contributed by atoms with Gasteiger partial charge in [-0.2, -0.15) is 0 Å². The van der Waals surface area contributed by atoms with Crippen LogP contribution in [-0.4, -0.2) is 133 Å². The smallest absolute Gasteiger partial charge is 0.137 e. The molecule has 0 aromatic carbocycles. The second-order valence-corrected chi connectivity index (χ2v) is 20.3. The van der Waals surface area contributed by atoms with E-state index in [0.29, 0.717) is 57.2 Å². The van der Waals surface area contributed by atoms with E-state index in [1.54, 1.807) is 14.0 Å². The van der Waals surface area contributed by atoms with Gasteiger partial charge in [0.25, 0.3) is 0 Å². The molecule has 6 fully saturated rings. The molecule has 59 heavy (non-hydrogen) atoms. The van der Waals surface area contributed by atoms with Gasteiger partial charge in [-0.3, -0.25) is 11.1 Å². The Morgan fingerprint density at radius 2 is 1.76 bits per heavy atom. The van der Waals surface area contributed by atoms with Crippen molar-refractivity contribution >= 4 is 5.97 Å². The van der Waals surface area contributed by atoms with Crippen molar-refractivity contribution in [3.8, 4) is 0 Å². The van der Waals surface area contributed by atoms with Crippen molar-refractivity contribution in [3.05, 3.63) is 12.2 Å². The van der Waals surface area contributed by atoms with Crippen LogP contribution in [0, 0.1) is 40.4 Å². The Hall–Kier alpha value is -1.27. The van der Waals surface area contributed by atoms with E-state index in [0.717, 1.165) is 77.2 Å². The topological polar surface area (TPSA) is 229 Å². The number of hydrogen-bond donors (Lipinski definition) is 8. The van der Waals surface area contributed by atoms with Crippen molar-refractivity contribution in [3.63, 3.8) is 0 Å². The molecule has 14 heteroatoms. The zero-order chi connectivity index (χ0) is 41.9. The number of allylic oxidation sites excluding steroid dienone is 1. The lowest BCUT2D eigenvalue weighted by Crippen LogP contribution is -3.03. The summed E-state index contributed by atoms with van der Waals surface area (Å²) in [6.45, 7) is 5.97. The van der Waals surface area contributed by atoms with Gasteiger partial charge in [0.1, 0.15) is 18.3 Å². The highest BCUT2D eigenvalue weighted by atomic mass is 16.5. The van der Waals surface area contributed by atoms with Gasteiger partial charge in [-0.15, -0.1) is 0 Å². The molecule has 2 spiro atoms. The SMILES string of the molecule is COC1CC(C2CC(O)CC(CCC3CCC(O)C(OCNCC(C)O)C3)O2)CC(OCC2[NH2+]C(C)CC3(CCCC3)C23C(C(=O)[O-])C=CC3C2CC[NH2+]C(N)C2)C1O. The van der Waals surface area contributed by atoms with Crippen LogP contribution in [0.2, 0.25) is 0 Å². The van der Waals surface area contributed by atoms with Gasteiger partial charge < -0.3 is 59.9 Å². The lowest BCUT2D eigenvalue weighted by Gasteiger charge is -2.61. The Morgan fingerprint density at radius 1 is 0.983 bits per heavy atom. The van der Waals surface area contributed by atoms with E-state index >= 15 is 0 Å². The first-order chi connectivity index (χ1) is 28.3. The van der Waals surface area contributed by atoms with Gasteiger partial charge in [0.15, 0.2) is 0 Å². The Labute approximate surface area is 352 Å². The third-order valence-corrected chi connectivity index (χ3v) is 16.4. The number of rotatable bonds is 15. The highest BCUT2D eigenvalue weighted by Gasteiger charge is 2.70. The molecule has 14 nitrogen and oxygen atoms in total. The first-order valence-electron chi connectivity index (χ1n) is 23.5. The number of aliphatic hydroxyl groups excluding tert-OH is 4. The van der Waals surface area contributed by atoms with Gasteiger partial charge in [-0.1, -0.05) is 25.0 Å². The maximum atomic E-state index is 13.3. The first-order valence-corrected chi connectivity index (χ1v) is 23.5. The molecule has 0 bridgehead atoms. The molecule has 338 valence electrons. The summed E-state index contributed by atoms with van der Waals surface area (Å²) in [6, 6.07) is 0.157. The van der Waals surface area contributed by atoms with Crippen molar-refractivity contribution in [2.75, 3.05) is 33.5 Å². The average Bonchev–Trinajstić information content (AvgIpc) is 3.84. The van der Waals surface area contributed by atoms with Gasteiger partial charge in [-0.25, -0.2) is 0 Å². The van der Waals surface area contributed by atoms with Crippen LogP contribution in [0.3, 0.4) is 0 Å². The third-order valence-electron chi connectivity index (χ3n) is 16.4. The van der Waals surface area contributed by atoms with E-state index in [9.17, 15) is 30.3 Å². The molecule has 3 heterocycles. The Balaban J connectivity index is 1.03. The maximum Gasteiger partial charge on any atom is 0.137 e. The summed E-state index contributed by atoms with van der Waals surface area (Å²) in [6.07, 6.45) is 13.7. The molecular weight excluding hydrogens is 757 g/mol. The summed E-state index contributed by atoms with van der Waals surface area (Å²) in [5, 5.41) is 64.1. The number of nitrogens with two attached hydrogens (primary N) is 3. The normalized spacial score (nSPS) is 45.6. The van der Waals surface area contributed by atoms with Crippen LogP contribution in [-0.2, 0) is 23.7 Å². The number of aliphatic hydroxyl groups is 4. The van der Waals surface area contributed by atoms with Gasteiger partial charge in [0, 0.05) is 50.2 Å². The number of piperidine rings is 2. The molecule has 0 radical (unpaired) electrons. The van der Waals surface area contributed by atoms with Crippen molar-refractivity contribution in [1.82, 2.24) is 5.32 Å². The van der Waals surface area contributed by atoms with Crippen molar-refractivity contribution < 1.29 is 59.9 Å². The molecule has 11 N–H and O–H groups in total. The maximum absolute atomic E-state index is 13.3. The Bertz CT molecular complexity index is 1390. The fourth-order valence-corrected chi connectivity index (χ4v) is 14.0. The minimum Gasteiger partial charge on any atom is -0.549 e. The van der Waals surface area contributed by atoms with Crippen LogP contribution in [0.25, 0.3) is 0 Å². The Morgan fingerprint density at radius 3 is 2.49 bits per heavy atom. The predicted molar refractivity (Wildman–Crippen MR) is 217 cm³/mol. The minimum absolute atomic E-state index is 0.00350. The van der Waals surface area contributed by atoms with Crippen LogP contribution in [0.15, 0.2) is 12.2 Å². The number of carbonyl (C=O) groups excluding carboxylic acids is 1. The van der Waals surface area contributed by atoms with E-state index in [1.807, 2.05) is 6.08 Å². The number of hydrogen-bond acceptors (Lipinski definition) is 12. The van der Waals surface area contributed by atoms with Crippen LogP contribution < -0.4 is 26.8 Å². The zero-order valence-corrected chi connectivity index (χ0v) is 36.1. The fraction of sp³-hybridized carbons (Fsp3) is 0.933. The van der Waals surface area contributed by atoms with Crippen molar-refractivity contribution in [2.45, 2.75) is 190 Å². The molecule has 7 rings (SSSR count). The van der Waals surface area contributed by atoms with E-state index < -0.39 is 53.9 Å². The molecular formula is C45H79N4O10+. The number of ether oxygens (including phenoxy) is 4. The molecule has 3 saturated heterocycles. The summed E-state index contributed by atoms with van der Waals surface area (Å²) >= 11 is 0. The molecule has 18 unspecified atom stereocenters. The highest BCUT2D eigenvalue weighted by Crippen LogP contribution is 2.67. The van der Waals surface area contributed by atoms with Gasteiger partial charge in [0.05, 0.1) is 74.8 Å². The number of methoxy groups -OCH3 is 1. The number of aliphatic carboxylic acids is 1. The van der Waals surface area contributed by atoms with Crippen LogP contribution >= 0.6 is 0 Å². The molecule has 0 aromatic heterocycles. The molecule has 0 amide bonds. The second kappa shape index (κ2) is 20.1. The van der Waals surface area contributed by atoms with Crippen molar-refractivity contribution in [1.29, 1.82) is 0 Å². The van der Waals surface area contributed by atoms with E-state index in [2.05, 4.69) is 29.0 Å². The van der Waals surface area contributed by atoms with E-state index in [-0.39, 0.29) is 60.4 Å². The second-order valence-electron chi connectivity index (χ2n) is 20.3. The monoisotopic (exact) mass is 836 g/mol. The van der Waals surface area contributed by atoms with Crippen LogP contribution in [0.4, 0.5) is 0 Å². The van der Waals surface area contributed by atoms with E-state index in [1.165, 1.54) is 0 Å². The van der Waals surface area contributed by atoms with Crippen LogP contribution in [0.5, 0.6) is 0 Å². The minimum atomic E-state index is -0.995. The first kappa shape index (κ1) is 45.7. The van der Waals surface area contributed by atoms with Crippen molar-refractivity contribution in [2.24, 2.45) is 46.2 Å². The number of fused-ring (bicyclic) bond motifs is 1. The summed E-state index contributed by atoms with van der Waals surface area (Å²) in [5.41, 5.74) is 5.82. The highest BCUT2D eigenvalue weighted by molar-refractivity contribution is 5.73. The molecule has 3 aliphatic heterocycles. The summed E-state index contributed by atoms with van der Waals surface area (Å²) < 4.78 is 25.7. The van der Waals surface area contributed by atoms with Crippen LogP contribution in [0.1, 0.15) is 117 Å². The predicted octanol–water partition coefficient (Wildman–Crippen LogP) is -0.598. The number of carboxylic acids is 1. The lowest BCUT2D eigenvalue weighted by atomic mass is 9.45. The fourth-order valence-electron chi connectivity index (χ4n) is 14.0. The summed E-state index contributed by atoms with van der Waals surface area (Å²) in [7, 11) is 1.63. The Kier molecular flexibility index (Phi) is 15.5. The standard InChI is InChI=1S/C45H78N4O10/c1-26-22-44(13-4-5-14-44)45(33(9-10-34(45)43(54)55)29-12-15-48-41(46)19-29)40(49-26)24-57-39-18-30(17-38(56-3)42(39)53)36-21-31(51)20-32(59-36)8-6-28-7-11-35(52)37(16-28)58-25-47-23-27(2)50/h9-10,26-42,47-53H,4-8,11-25,46H2,1-3H3,(H,54,55)/p+1.